The van der Waals surface area contributed by atoms with Crippen molar-refractivity contribution in [3.8, 4) is 11.6 Å². The molecule has 0 radical (unpaired) electrons. The van der Waals surface area contributed by atoms with Crippen LogP contribution in [0.1, 0.15) is 98.9 Å². The van der Waals surface area contributed by atoms with Gasteiger partial charge in [0.2, 0.25) is 11.8 Å². The Morgan fingerprint density at radius 1 is 1.00 bits per heavy atom. The number of fused-ring (bicyclic) bond motifs is 5. The SMILES string of the molecule is COc1ccc2nc3c(nc2c1)O[C@H]1CN(C(=O)[C@H](C(C)(C)C)CC(=O)O[C@@H]2C[C@H]2CCCCC3F)[C@H](C(=O)OC(C)(C)C)[C@@H]1C. The Labute approximate surface area is 270 Å². The van der Waals surface area contributed by atoms with Gasteiger partial charge in [-0.25, -0.2) is 19.2 Å². The predicted molar refractivity (Wildman–Crippen MR) is 169 cm³/mol. The van der Waals surface area contributed by atoms with Crippen molar-refractivity contribution in [1.29, 1.82) is 0 Å². The minimum absolute atomic E-state index is 0.0183. The molecule has 11 heteroatoms. The number of hydrogen-bond donors (Lipinski definition) is 0. The Kier molecular flexibility index (Phi) is 9.53. The van der Waals surface area contributed by atoms with E-state index in [4.69, 9.17) is 23.9 Å². The van der Waals surface area contributed by atoms with Crippen LogP contribution >= 0.6 is 0 Å². The van der Waals surface area contributed by atoms with Gasteiger partial charge in [0.15, 0.2) is 0 Å². The fourth-order valence-corrected chi connectivity index (χ4v) is 6.51. The van der Waals surface area contributed by atoms with Crippen LogP contribution in [0.5, 0.6) is 11.6 Å². The van der Waals surface area contributed by atoms with Gasteiger partial charge >= 0.3 is 11.9 Å². The number of halogens is 1. The van der Waals surface area contributed by atoms with Crippen molar-refractivity contribution in [1.82, 2.24) is 14.9 Å². The predicted octanol–water partition coefficient (Wildman–Crippen LogP) is 6.14. The largest absolute Gasteiger partial charge is 0.497 e. The lowest BCUT2D eigenvalue weighted by atomic mass is 9.77. The molecule has 1 aromatic carbocycles. The van der Waals surface area contributed by atoms with Crippen molar-refractivity contribution in [2.24, 2.45) is 23.2 Å². The number of carbonyl (C=O) groups excluding carboxylic acids is 3. The molecule has 1 amide bonds. The van der Waals surface area contributed by atoms with Gasteiger partial charge in [-0.05, 0) is 63.5 Å². The third-order valence-electron chi connectivity index (χ3n) is 9.29. The molecule has 1 saturated heterocycles. The summed E-state index contributed by atoms with van der Waals surface area (Å²) in [6, 6.07) is 4.20. The smallest absolute Gasteiger partial charge is 0.329 e. The van der Waals surface area contributed by atoms with E-state index in [0.717, 1.165) is 19.3 Å². The molecular formula is C35H48FN3O7. The lowest BCUT2D eigenvalue weighted by Crippen LogP contribution is -2.50. The Hall–Kier alpha value is -3.50. The van der Waals surface area contributed by atoms with Gasteiger partial charge in [0.05, 0.1) is 37.0 Å². The van der Waals surface area contributed by atoms with Crippen LogP contribution in [0.3, 0.4) is 0 Å². The molecule has 252 valence electrons. The van der Waals surface area contributed by atoms with Crippen molar-refractivity contribution < 1.29 is 37.7 Å². The average molecular weight is 642 g/mol. The summed E-state index contributed by atoms with van der Waals surface area (Å²) in [5.74, 6) is -1.83. The molecule has 0 spiro atoms. The maximum absolute atomic E-state index is 16.0. The maximum atomic E-state index is 16.0. The molecule has 0 N–H and O–H groups in total. The van der Waals surface area contributed by atoms with Crippen LogP contribution in [0.4, 0.5) is 4.39 Å². The Morgan fingerprint density at radius 3 is 2.39 bits per heavy atom. The number of alkyl halides is 1. The van der Waals surface area contributed by atoms with E-state index in [1.54, 1.807) is 46.1 Å². The van der Waals surface area contributed by atoms with Gasteiger partial charge < -0.3 is 23.8 Å². The highest BCUT2D eigenvalue weighted by Crippen LogP contribution is 2.42. The lowest BCUT2D eigenvalue weighted by molar-refractivity contribution is -0.166. The number of benzene rings is 1. The topological polar surface area (TPSA) is 117 Å². The third kappa shape index (κ3) is 7.55. The summed E-state index contributed by atoms with van der Waals surface area (Å²) in [7, 11) is 1.55. The van der Waals surface area contributed by atoms with Crippen LogP contribution in [0.25, 0.3) is 11.0 Å². The van der Waals surface area contributed by atoms with E-state index in [2.05, 4.69) is 4.98 Å². The zero-order valence-electron chi connectivity index (χ0n) is 28.3. The molecule has 46 heavy (non-hydrogen) atoms. The van der Waals surface area contributed by atoms with E-state index in [0.29, 0.717) is 23.2 Å². The molecule has 2 aliphatic heterocycles. The number of methoxy groups -OCH3 is 1. The van der Waals surface area contributed by atoms with E-state index >= 15 is 4.39 Å². The second kappa shape index (κ2) is 13.0. The van der Waals surface area contributed by atoms with Gasteiger partial charge in [-0.2, -0.15) is 0 Å². The Balaban J connectivity index is 1.57. The van der Waals surface area contributed by atoms with Crippen LogP contribution in [-0.4, -0.2) is 70.2 Å². The zero-order chi connectivity index (χ0) is 33.6. The lowest BCUT2D eigenvalue weighted by Gasteiger charge is -2.35. The first-order valence-corrected chi connectivity index (χ1v) is 16.4. The standard InChI is InChI=1S/C35H48FN3O7/c1-19-27-18-39(30(19)33(42)46-35(5,6)7)32(41)22(34(2,3)4)17-28(40)44-26-15-20(26)11-9-10-12-23(36)29-31(45-27)38-25-16-21(43-8)13-14-24(25)37-29/h13-14,16,19-20,22-23,26-27,30H,9-12,15,17-18H2,1-8H3/t19-,20-,22-,23?,26-,27+,30+/m1/s1. The summed E-state index contributed by atoms with van der Waals surface area (Å²) in [5.41, 5.74) is -0.344. The molecule has 1 unspecified atom stereocenters. The Bertz CT molecular complexity index is 1470. The molecule has 5 rings (SSSR count). The van der Waals surface area contributed by atoms with Gasteiger partial charge in [0, 0.05) is 12.0 Å². The number of carbonyl (C=O) groups is 3. The number of nitrogens with zero attached hydrogens (tertiary/aromatic N) is 3. The van der Waals surface area contributed by atoms with E-state index in [1.807, 2.05) is 27.7 Å². The van der Waals surface area contributed by atoms with Crippen molar-refractivity contribution >= 4 is 28.9 Å². The molecule has 1 saturated carbocycles. The highest BCUT2D eigenvalue weighted by molar-refractivity contribution is 5.89. The quantitative estimate of drug-likeness (QED) is 0.356. The van der Waals surface area contributed by atoms with E-state index in [9.17, 15) is 14.4 Å². The number of ether oxygens (including phenoxy) is 4. The van der Waals surface area contributed by atoms with Crippen LogP contribution in [0.15, 0.2) is 18.2 Å². The molecule has 2 aromatic rings. The number of rotatable bonds is 2. The number of aromatic nitrogens is 2. The Morgan fingerprint density at radius 2 is 1.72 bits per heavy atom. The normalized spacial score (nSPS) is 29.5. The molecule has 3 heterocycles. The van der Waals surface area contributed by atoms with Crippen molar-refractivity contribution in [3.63, 3.8) is 0 Å². The third-order valence-corrected chi connectivity index (χ3v) is 9.29. The molecule has 10 nitrogen and oxygen atoms in total. The summed E-state index contributed by atoms with van der Waals surface area (Å²) < 4.78 is 39.4. The fraction of sp³-hybridized carbons (Fsp3) is 0.686. The first kappa shape index (κ1) is 33.9. The van der Waals surface area contributed by atoms with Gasteiger partial charge in [-0.1, -0.05) is 40.5 Å². The first-order valence-electron chi connectivity index (χ1n) is 16.4. The molecule has 1 aliphatic carbocycles. The van der Waals surface area contributed by atoms with Gasteiger partial charge in [0.1, 0.15) is 41.5 Å². The summed E-state index contributed by atoms with van der Waals surface area (Å²) in [6.07, 6.45) is 0.754. The zero-order valence-corrected chi connectivity index (χ0v) is 28.3. The van der Waals surface area contributed by atoms with Crippen LogP contribution in [-0.2, 0) is 23.9 Å². The second-order valence-electron chi connectivity index (χ2n) is 15.2. The number of hydrogen-bond acceptors (Lipinski definition) is 9. The number of amides is 1. The fourth-order valence-electron chi connectivity index (χ4n) is 6.51. The minimum atomic E-state index is -1.44. The van der Waals surface area contributed by atoms with Gasteiger partial charge in [-0.3, -0.25) is 9.59 Å². The number of esters is 2. The summed E-state index contributed by atoms with van der Waals surface area (Å²) in [4.78, 5) is 52.1. The highest BCUT2D eigenvalue weighted by atomic mass is 19.1. The summed E-state index contributed by atoms with van der Waals surface area (Å²) in [5, 5.41) is 0. The van der Waals surface area contributed by atoms with Gasteiger partial charge in [-0.15, -0.1) is 0 Å². The van der Waals surface area contributed by atoms with E-state index in [1.165, 1.54) is 4.90 Å². The average Bonchev–Trinajstić information content (AvgIpc) is 3.61. The van der Waals surface area contributed by atoms with Crippen molar-refractivity contribution in [2.45, 2.75) is 117 Å². The second-order valence-corrected chi connectivity index (χ2v) is 15.2. The van der Waals surface area contributed by atoms with Crippen molar-refractivity contribution in [3.05, 3.63) is 23.9 Å². The van der Waals surface area contributed by atoms with Crippen molar-refractivity contribution in [2.75, 3.05) is 13.7 Å². The molecule has 2 bridgehead atoms. The highest BCUT2D eigenvalue weighted by Gasteiger charge is 2.52. The summed E-state index contributed by atoms with van der Waals surface area (Å²) >= 11 is 0. The molecule has 1 aromatic heterocycles. The first-order chi connectivity index (χ1) is 21.6. The molecule has 2 fully saturated rings. The molecule has 7 atom stereocenters. The van der Waals surface area contributed by atoms with E-state index in [-0.39, 0.29) is 48.9 Å². The minimum Gasteiger partial charge on any atom is -0.497 e. The maximum Gasteiger partial charge on any atom is 0.329 e. The van der Waals surface area contributed by atoms with Crippen LogP contribution in [0, 0.1) is 23.2 Å². The summed E-state index contributed by atoms with van der Waals surface area (Å²) in [6.45, 7) is 12.8. The van der Waals surface area contributed by atoms with Crippen LogP contribution in [0.2, 0.25) is 0 Å². The van der Waals surface area contributed by atoms with E-state index < -0.39 is 53.1 Å². The monoisotopic (exact) mass is 641 g/mol. The molecular weight excluding hydrogens is 593 g/mol. The van der Waals surface area contributed by atoms with Gasteiger partial charge in [0.25, 0.3) is 0 Å². The van der Waals surface area contributed by atoms with Crippen LogP contribution < -0.4 is 9.47 Å². The molecule has 3 aliphatic rings.